The van der Waals surface area contributed by atoms with Crippen molar-refractivity contribution >= 4 is 23.5 Å². The van der Waals surface area contributed by atoms with Gasteiger partial charge >= 0.3 is 5.97 Å². The third-order valence-electron chi connectivity index (χ3n) is 4.21. The number of rotatable bonds is 7. The number of anilines is 1. The van der Waals surface area contributed by atoms with Gasteiger partial charge in [0.05, 0.1) is 31.5 Å². The minimum atomic E-state index is -0.604. The van der Waals surface area contributed by atoms with Gasteiger partial charge in [-0.3, -0.25) is 19.3 Å². The quantitative estimate of drug-likeness (QED) is 0.729. The molecule has 1 fully saturated rings. The minimum Gasteiger partial charge on any atom is -0.468 e. The number of methoxy groups -OCH3 is 1. The molecular formula is C17H23N3O4. The van der Waals surface area contributed by atoms with E-state index in [4.69, 9.17) is 10.5 Å². The Morgan fingerprint density at radius 2 is 1.88 bits per heavy atom. The van der Waals surface area contributed by atoms with Crippen LogP contribution in [0.4, 0.5) is 5.69 Å². The molecule has 0 unspecified atom stereocenters. The van der Waals surface area contributed by atoms with Crippen LogP contribution in [-0.2, 0) is 14.3 Å². The molecule has 1 aromatic rings. The molecule has 2 amide bonds. The van der Waals surface area contributed by atoms with Crippen molar-refractivity contribution in [1.82, 2.24) is 4.90 Å². The van der Waals surface area contributed by atoms with Crippen LogP contribution in [0.25, 0.3) is 0 Å². The normalized spacial score (nSPS) is 14.6. The van der Waals surface area contributed by atoms with Gasteiger partial charge in [-0.1, -0.05) is 25.0 Å². The molecule has 1 aromatic carbocycles. The Labute approximate surface area is 141 Å². The van der Waals surface area contributed by atoms with Crippen LogP contribution in [0.3, 0.4) is 0 Å². The Morgan fingerprint density at radius 1 is 1.21 bits per heavy atom. The van der Waals surface area contributed by atoms with Crippen LogP contribution in [-0.4, -0.2) is 48.9 Å². The highest BCUT2D eigenvalue weighted by Crippen LogP contribution is 2.23. The van der Waals surface area contributed by atoms with Crippen LogP contribution in [0.5, 0.6) is 0 Å². The fourth-order valence-corrected chi connectivity index (χ4v) is 3.00. The number of hydrogen-bond acceptors (Lipinski definition) is 5. The van der Waals surface area contributed by atoms with Crippen LogP contribution in [0.2, 0.25) is 0 Å². The van der Waals surface area contributed by atoms with Gasteiger partial charge in [-0.05, 0) is 25.0 Å². The minimum absolute atomic E-state index is 0.0624. The lowest BCUT2D eigenvalue weighted by Gasteiger charge is -2.27. The van der Waals surface area contributed by atoms with Crippen LogP contribution >= 0.6 is 0 Å². The lowest BCUT2D eigenvalue weighted by Crippen LogP contribution is -2.43. The van der Waals surface area contributed by atoms with Gasteiger partial charge in [0.15, 0.2) is 0 Å². The molecule has 2 rings (SSSR count). The standard InChI is InChI=1S/C17H23N3O4/c1-24-16(22)11-20(12-6-2-3-7-12)10-15(21)19-14-9-5-4-8-13(14)17(18)23/h4-5,8-9,12H,2-3,6-7,10-11H2,1H3,(H2,18,23)(H,19,21). The van der Waals surface area contributed by atoms with Gasteiger partial charge in [0.25, 0.3) is 5.91 Å². The number of benzene rings is 1. The molecule has 0 saturated heterocycles. The largest absolute Gasteiger partial charge is 0.468 e. The predicted octanol–water partition coefficient (Wildman–Crippen LogP) is 1.14. The molecule has 1 aliphatic rings. The summed E-state index contributed by atoms with van der Waals surface area (Å²) in [4.78, 5) is 37.2. The van der Waals surface area contributed by atoms with E-state index in [9.17, 15) is 14.4 Å². The van der Waals surface area contributed by atoms with E-state index < -0.39 is 5.91 Å². The number of carbonyl (C=O) groups is 3. The number of nitrogens with one attached hydrogen (secondary N) is 1. The molecule has 130 valence electrons. The lowest BCUT2D eigenvalue weighted by atomic mass is 10.1. The highest BCUT2D eigenvalue weighted by atomic mass is 16.5. The van der Waals surface area contributed by atoms with Crippen molar-refractivity contribution in [2.24, 2.45) is 5.73 Å². The summed E-state index contributed by atoms with van der Waals surface area (Å²) < 4.78 is 4.72. The Morgan fingerprint density at radius 3 is 2.50 bits per heavy atom. The lowest BCUT2D eigenvalue weighted by molar-refractivity contribution is -0.142. The van der Waals surface area contributed by atoms with Crippen LogP contribution in [0, 0.1) is 0 Å². The number of hydrogen-bond donors (Lipinski definition) is 2. The van der Waals surface area contributed by atoms with E-state index in [-0.39, 0.29) is 36.6 Å². The topological polar surface area (TPSA) is 102 Å². The predicted molar refractivity (Wildman–Crippen MR) is 89.4 cm³/mol. The molecule has 0 spiro atoms. The average Bonchev–Trinajstić information content (AvgIpc) is 3.08. The van der Waals surface area contributed by atoms with Gasteiger partial charge in [-0.2, -0.15) is 0 Å². The number of esters is 1. The highest BCUT2D eigenvalue weighted by molar-refractivity contribution is 6.03. The smallest absolute Gasteiger partial charge is 0.319 e. The third kappa shape index (κ3) is 4.79. The van der Waals surface area contributed by atoms with Gasteiger partial charge in [0, 0.05) is 6.04 Å². The van der Waals surface area contributed by atoms with Gasteiger partial charge in [-0.25, -0.2) is 0 Å². The van der Waals surface area contributed by atoms with Gasteiger partial charge in [0.2, 0.25) is 5.91 Å². The molecular weight excluding hydrogens is 310 g/mol. The van der Waals surface area contributed by atoms with Crippen molar-refractivity contribution < 1.29 is 19.1 Å². The fourth-order valence-electron chi connectivity index (χ4n) is 3.00. The van der Waals surface area contributed by atoms with E-state index >= 15 is 0 Å². The second-order valence-corrected chi connectivity index (χ2v) is 5.88. The Kier molecular flexibility index (Phi) is 6.31. The average molecular weight is 333 g/mol. The Bertz CT molecular complexity index is 612. The molecule has 7 heteroatoms. The maximum absolute atomic E-state index is 12.4. The summed E-state index contributed by atoms with van der Waals surface area (Å²) >= 11 is 0. The zero-order valence-electron chi connectivity index (χ0n) is 13.8. The van der Waals surface area contributed by atoms with Crippen LogP contribution in [0.15, 0.2) is 24.3 Å². The van der Waals surface area contributed by atoms with E-state index in [1.807, 2.05) is 4.90 Å². The number of ether oxygens (including phenoxy) is 1. The highest BCUT2D eigenvalue weighted by Gasteiger charge is 2.26. The first kappa shape index (κ1) is 17.9. The molecule has 3 N–H and O–H groups in total. The van der Waals surface area contributed by atoms with E-state index in [1.165, 1.54) is 7.11 Å². The first-order chi connectivity index (χ1) is 11.5. The van der Waals surface area contributed by atoms with E-state index in [2.05, 4.69) is 5.32 Å². The van der Waals surface area contributed by atoms with E-state index in [0.29, 0.717) is 5.69 Å². The number of nitrogens with zero attached hydrogens (tertiary/aromatic N) is 1. The molecule has 0 radical (unpaired) electrons. The van der Waals surface area contributed by atoms with E-state index in [0.717, 1.165) is 25.7 Å². The van der Waals surface area contributed by atoms with Crippen LogP contribution in [0.1, 0.15) is 36.0 Å². The maximum Gasteiger partial charge on any atom is 0.319 e. The SMILES string of the molecule is COC(=O)CN(CC(=O)Nc1ccccc1C(N)=O)C1CCCC1. The summed E-state index contributed by atoms with van der Waals surface area (Å²) in [5.74, 6) is -1.26. The second kappa shape index (κ2) is 8.44. The first-order valence-electron chi connectivity index (χ1n) is 8.01. The number of carbonyl (C=O) groups excluding carboxylic acids is 3. The molecule has 1 saturated carbocycles. The van der Waals surface area contributed by atoms with Gasteiger partial charge in [0.1, 0.15) is 0 Å². The Hall–Kier alpha value is -2.41. The third-order valence-corrected chi connectivity index (χ3v) is 4.21. The number of amides is 2. The summed E-state index contributed by atoms with van der Waals surface area (Å²) in [6.45, 7) is 0.138. The molecule has 24 heavy (non-hydrogen) atoms. The van der Waals surface area contributed by atoms with Crippen molar-refractivity contribution in [3.63, 3.8) is 0 Å². The monoisotopic (exact) mass is 333 g/mol. The van der Waals surface area contributed by atoms with Crippen molar-refractivity contribution in [3.8, 4) is 0 Å². The summed E-state index contributed by atoms with van der Waals surface area (Å²) in [7, 11) is 1.33. The second-order valence-electron chi connectivity index (χ2n) is 5.88. The zero-order chi connectivity index (χ0) is 17.5. The van der Waals surface area contributed by atoms with Gasteiger partial charge in [-0.15, -0.1) is 0 Å². The van der Waals surface area contributed by atoms with Crippen molar-refractivity contribution in [2.45, 2.75) is 31.7 Å². The summed E-state index contributed by atoms with van der Waals surface area (Å²) in [5.41, 5.74) is 5.94. The molecule has 0 aliphatic heterocycles. The molecule has 1 aliphatic carbocycles. The summed E-state index contributed by atoms with van der Waals surface area (Å²) in [6, 6.07) is 6.77. The number of primary amides is 1. The first-order valence-corrected chi connectivity index (χ1v) is 8.01. The van der Waals surface area contributed by atoms with Crippen molar-refractivity contribution in [2.75, 3.05) is 25.5 Å². The van der Waals surface area contributed by atoms with Crippen molar-refractivity contribution in [1.29, 1.82) is 0 Å². The summed E-state index contributed by atoms with van der Waals surface area (Å²) in [5, 5.41) is 2.70. The molecule has 0 atom stereocenters. The molecule has 0 bridgehead atoms. The van der Waals surface area contributed by atoms with E-state index in [1.54, 1.807) is 24.3 Å². The molecule has 7 nitrogen and oxygen atoms in total. The number of para-hydroxylation sites is 1. The van der Waals surface area contributed by atoms with Crippen molar-refractivity contribution in [3.05, 3.63) is 29.8 Å². The fraction of sp³-hybridized carbons (Fsp3) is 0.471. The van der Waals surface area contributed by atoms with Crippen LogP contribution < -0.4 is 11.1 Å². The maximum atomic E-state index is 12.4. The molecule has 0 heterocycles. The number of nitrogens with two attached hydrogens (primary N) is 1. The summed E-state index contributed by atoms with van der Waals surface area (Å²) in [6.07, 6.45) is 4.10. The van der Waals surface area contributed by atoms with Gasteiger partial charge < -0.3 is 15.8 Å². The Balaban J connectivity index is 2.04. The zero-order valence-corrected chi connectivity index (χ0v) is 13.8. The molecule has 0 aromatic heterocycles.